The summed E-state index contributed by atoms with van der Waals surface area (Å²) >= 11 is 8.81. The second kappa shape index (κ2) is 4.25. The van der Waals surface area contributed by atoms with E-state index in [1.807, 2.05) is 11.3 Å². The maximum atomic E-state index is 3.53. The highest BCUT2D eigenvalue weighted by Crippen LogP contribution is 2.29. The average Bonchev–Trinajstić information content (AvgIpc) is 2.35. The van der Waals surface area contributed by atoms with Crippen molar-refractivity contribution < 1.29 is 0 Å². The van der Waals surface area contributed by atoms with Gasteiger partial charge in [0.1, 0.15) is 0 Å². The van der Waals surface area contributed by atoms with Gasteiger partial charge in [0.2, 0.25) is 0 Å². The minimum Gasteiger partial charge on any atom is -0.148 e. The first-order valence-electron chi connectivity index (χ1n) is 3.82. The van der Waals surface area contributed by atoms with Crippen LogP contribution in [0.1, 0.15) is 18.7 Å². The molecule has 0 aromatic carbocycles. The van der Waals surface area contributed by atoms with Crippen LogP contribution in [-0.4, -0.2) is 5.33 Å². The maximum absolute atomic E-state index is 3.53. The van der Waals surface area contributed by atoms with Crippen LogP contribution in [0.4, 0.5) is 0 Å². The quantitative estimate of drug-likeness (QED) is 0.722. The predicted octanol–water partition coefficient (Wildman–Crippen LogP) is 4.47. The van der Waals surface area contributed by atoms with Crippen molar-refractivity contribution >= 4 is 43.2 Å². The molecule has 0 aliphatic carbocycles. The molecule has 68 valence electrons. The SMILES string of the molecule is CC(C)(CBr)Cc1cc(Br)cs1. The van der Waals surface area contributed by atoms with Crippen LogP contribution in [0.3, 0.4) is 0 Å². The molecule has 0 amide bonds. The van der Waals surface area contributed by atoms with Crippen LogP contribution in [-0.2, 0) is 6.42 Å². The summed E-state index contributed by atoms with van der Waals surface area (Å²) in [5.74, 6) is 0. The molecule has 0 saturated heterocycles. The minimum absolute atomic E-state index is 0.365. The third-order valence-corrected chi connectivity index (χ3v) is 4.85. The summed E-state index contributed by atoms with van der Waals surface area (Å²) in [6.45, 7) is 4.55. The van der Waals surface area contributed by atoms with Crippen molar-refractivity contribution in [3.8, 4) is 0 Å². The van der Waals surface area contributed by atoms with Gasteiger partial charge < -0.3 is 0 Å². The van der Waals surface area contributed by atoms with Gasteiger partial charge in [-0.3, -0.25) is 0 Å². The van der Waals surface area contributed by atoms with E-state index in [1.54, 1.807) is 0 Å². The summed E-state index contributed by atoms with van der Waals surface area (Å²) in [7, 11) is 0. The van der Waals surface area contributed by atoms with Crippen LogP contribution >= 0.6 is 43.2 Å². The molecule has 12 heavy (non-hydrogen) atoms. The maximum Gasteiger partial charge on any atom is 0.0285 e. The second-order valence-electron chi connectivity index (χ2n) is 3.71. The van der Waals surface area contributed by atoms with Crippen LogP contribution in [0.15, 0.2) is 15.9 Å². The largest absolute Gasteiger partial charge is 0.148 e. The number of alkyl halides is 1. The molecule has 1 heterocycles. The van der Waals surface area contributed by atoms with Crippen LogP contribution in [0.2, 0.25) is 0 Å². The van der Waals surface area contributed by atoms with Crippen molar-refractivity contribution in [1.82, 2.24) is 0 Å². The summed E-state index contributed by atoms with van der Waals surface area (Å²) in [6, 6.07) is 2.20. The molecule has 0 atom stereocenters. The number of halogens is 2. The van der Waals surface area contributed by atoms with Crippen molar-refractivity contribution in [3.63, 3.8) is 0 Å². The van der Waals surface area contributed by atoms with Gasteiger partial charge in [0.05, 0.1) is 0 Å². The summed E-state index contributed by atoms with van der Waals surface area (Å²) in [5, 5.41) is 3.19. The van der Waals surface area contributed by atoms with Crippen LogP contribution < -0.4 is 0 Å². The molecule has 0 fully saturated rings. The third kappa shape index (κ3) is 3.19. The van der Waals surface area contributed by atoms with Gasteiger partial charge in [0, 0.05) is 20.1 Å². The van der Waals surface area contributed by atoms with Crippen molar-refractivity contribution in [2.45, 2.75) is 20.3 Å². The average molecular weight is 312 g/mol. The topological polar surface area (TPSA) is 0 Å². The molecular weight excluding hydrogens is 300 g/mol. The number of hydrogen-bond donors (Lipinski definition) is 0. The first kappa shape index (κ1) is 10.7. The Morgan fingerprint density at radius 2 is 2.17 bits per heavy atom. The van der Waals surface area contributed by atoms with Crippen LogP contribution in [0.25, 0.3) is 0 Å². The first-order valence-corrected chi connectivity index (χ1v) is 6.62. The van der Waals surface area contributed by atoms with Gasteiger partial charge >= 0.3 is 0 Å². The molecule has 0 spiro atoms. The molecule has 0 radical (unpaired) electrons. The summed E-state index contributed by atoms with van der Waals surface area (Å²) < 4.78 is 1.20. The molecule has 0 aliphatic heterocycles. The molecule has 0 N–H and O–H groups in total. The summed E-state index contributed by atoms with van der Waals surface area (Å²) in [6.07, 6.45) is 1.15. The standard InChI is InChI=1S/C9H12Br2S/c1-9(2,6-10)4-8-3-7(11)5-12-8/h3,5H,4,6H2,1-2H3. The van der Waals surface area contributed by atoms with Gasteiger partial charge in [0.15, 0.2) is 0 Å². The molecule has 1 aromatic rings. The van der Waals surface area contributed by atoms with E-state index in [2.05, 4.69) is 57.2 Å². The highest BCUT2D eigenvalue weighted by atomic mass is 79.9. The number of thiophene rings is 1. The Kier molecular flexibility index (Phi) is 3.80. The van der Waals surface area contributed by atoms with E-state index in [1.165, 1.54) is 9.35 Å². The number of hydrogen-bond acceptors (Lipinski definition) is 1. The lowest BCUT2D eigenvalue weighted by atomic mass is 9.91. The van der Waals surface area contributed by atoms with Gasteiger partial charge in [-0.25, -0.2) is 0 Å². The fourth-order valence-electron chi connectivity index (χ4n) is 0.965. The zero-order chi connectivity index (χ0) is 9.19. The smallest absolute Gasteiger partial charge is 0.0285 e. The van der Waals surface area contributed by atoms with Gasteiger partial charge in [-0.2, -0.15) is 0 Å². The lowest BCUT2D eigenvalue weighted by Gasteiger charge is -2.19. The molecule has 0 saturated carbocycles. The molecule has 1 rings (SSSR count). The Morgan fingerprint density at radius 3 is 2.58 bits per heavy atom. The molecule has 3 heteroatoms. The van der Waals surface area contributed by atoms with E-state index in [0.717, 1.165) is 11.8 Å². The predicted molar refractivity (Wildman–Crippen MR) is 63.3 cm³/mol. The number of rotatable bonds is 3. The van der Waals surface area contributed by atoms with E-state index in [-0.39, 0.29) is 0 Å². The molecular formula is C9H12Br2S. The van der Waals surface area contributed by atoms with Gasteiger partial charge in [-0.15, -0.1) is 11.3 Å². The Morgan fingerprint density at radius 1 is 1.50 bits per heavy atom. The molecule has 0 aliphatic rings. The van der Waals surface area contributed by atoms with E-state index in [0.29, 0.717) is 5.41 Å². The Bertz CT molecular complexity index is 253. The molecule has 0 unspecified atom stereocenters. The van der Waals surface area contributed by atoms with E-state index in [9.17, 15) is 0 Å². The van der Waals surface area contributed by atoms with Crippen molar-refractivity contribution in [2.24, 2.45) is 5.41 Å². The molecule has 1 aromatic heterocycles. The van der Waals surface area contributed by atoms with Crippen LogP contribution in [0, 0.1) is 5.41 Å². The van der Waals surface area contributed by atoms with Gasteiger partial charge in [0.25, 0.3) is 0 Å². The monoisotopic (exact) mass is 310 g/mol. The Labute approximate surface area is 94.6 Å². The van der Waals surface area contributed by atoms with Crippen LogP contribution in [0.5, 0.6) is 0 Å². The van der Waals surface area contributed by atoms with Gasteiger partial charge in [-0.1, -0.05) is 29.8 Å². The first-order chi connectivity index (χ1) is 5.53. The summed E-state index contributed by atoms with van der Waals surface area (Å²) in [4.78, 5) is 1.45. The highest BCUT2D eigenvalue weighted by molar-refractivity contribution is 9.10. The normalized spacial score (nSPS) is 12.0. The van der Waals surface area contributed by atoms with Crippen molar-refractivity contribution in [3.05, 3.63) is 20.8 Å². The fraction of sp³-hybridized carbons (Fsp3) is 0.556. The zero-order valence-electron chi connectivity index (χ0n) is 7.23. The summed E-state index contributed by atoms with van der Waals surface area (Å²) in [5.41, 5.74) is 0.365. The third-order valence-electron chi connectivity index (χ3n) is 1.64. The zero-order valence-corrected chi connectivity index (χ0v) is 11.2. The molecule has 0 nitrogen and oxygen atoms in total. The Hall–Kier alpha value is 0.660. The van der Waals surface area contributed by atoms with E-state index >= 15 is 0 Å². The second-order valence-corrected chi connectivity index (χ2v) is 6.18. The van der Waals surface area contributed by atoms with Crippen molar-refractivity contribution in [1.29, 1.82) is 0 Å². The fourth-order valence-corrected chi connectivity index (χ4v) is 2.87. The Balaban J connectivity index is 2.63. The lowest BCUT2D eigenvalue weighted by Crippen LogP contribution is -2.15. The lowest BCUT2D eigenvalue weighted by molar-refractivity contribution is 0.428. The van der Waals surface area contributed by atoms with Crippen molar-refractivity contribution in [2.75, 3.05) is 5.33 Å². The van der Waals surface area contributed by atoms with Gasteiger partial charge in [-0.05, 0) is 33.8 Å². The molecule has 0 bridgehead atoms. The van der Waals surface area contributed by atoms with E-state index in [4.69, 9.17) is 0 Å². The highest BCUT2D eigenvalue weighted by Gasteiger charge is 2.17. The minimum atomic E-state index is 0.365. The van der Waals surface area contributed by atoms with E-state index < -0.39 is 0 Å².